The molecule has 0 radical (unpaired) electrons. The van der Waals surface area contributed by atoms with Crippen LogP contribution < -0.4 is 15.8 Å². The minimum absolute atomic E-state index is 0.0417. The van der Waals surface area contributed by atoms with Gasteiger partial charge in [-0.25, -0.2) is 14.6 Å². The van der Waals surface area contributed by atoms with Gasteiger partial charge in [0.1, 0.15) is 0 Å². The predicted octanol–water partition coefficient (Wildman–Crippen LogP) is 1.86. The molecule has 1 aliphatic rings. The van der Waals surface area contributed by atoms with E-state index in [4.69, 9.17) is 0 Å². The summed E-state index contributed by atoms with van der Waals surface area (Å²) in [4.78, 5) is 23.4. The molecule has 8 heteroatoms. The van der Waals surface area contributed by atoms with E-state index in [-0.39, 0.29) is 5.56 Å². The number of pyridine rings is 1. The molecule has 3 aromatic heterocycles. The Bertz CT molecular complexity index is 1020. The quantitative estimate of drug-likeness (QED) is 0.727. The third-order valence-electron chi connectivity index (χ3n) is 5.29. The zero-order chi connectivity index (χ0) is 19.7. The van der Waals surface area contributed by atoms with Gasteiger partial charge < -0.3 is 14.8 Å². The van der Waals surface area contributed by atoms with Crippen molar-refractivity contribution in [2.75, 3.05) is 18.0 Å². The minimum Gasteiger partial charge on any atom is -0.350 e. The van der Waals surface area contributed by atoms with Gasteiger partial charge in [-0.2, -0.15) is 5.10 Å². The molecule has 0 spiro atoms. The number of aryl methyl sites for hydroxylation is 1. The number of anilines is 1. The van der Waals surface area contributed by atoms with E-state index in [0.717, 1.165) is 49.1 Å². The molecule has 148 valence electrons. The van der Waals surface area contributed by atoms with Crippen LogP contribution >= 0.6 is 0 Å². The fraction of sp³-hybridized carbons (Fsp3) is 0.500. The van der Waals surface area contributed by atoms with Crippen molar-refractivity contribution in [3.05, 3.63) is 46.8 Å². The monoisotopic (exact) mass is 381 g/mol. The average Bonchev–Trinajstić information content (AvgIpc) is 3.12. The van der Waals surface area contributed by atoms with E-state index in [9.17, 15) is 4.79 Å². The number of piperidine rings is 1. The van der Waals surface area contributed by atoms with Gasteiger partial charge in [0.15, 0.2) is 11.5 Å². The van der Waals surface area contributed by atoms with Gasteiger partial charge in [0, 0.05) is 62.7 Å². The summed E-state index contributed by atoms with van der Waals surface area (Å²) in [5.74, 6) is 0.542. The Balaban J connectivity index is 1.42. The van der Waals surface area contributed by atoms with E-state index in [1.165, 1.54) is 0 Å². The summed E-state index contributed by atoms with van der Waals surface area (Å²) in [6, 6.07) is 2.76. The van der Waals surface area contributed by atoms with Gasteiger partial charge in [-0.05, 0) is 38.3 Å². The number of aromatic nitrogens is 5. The molecular formula is C20H27N7O. The Morgan fingerprint density at radius 2 is 2.14 bits per heavy atom. The lowest BCUT2D eigenvalue weighted by Gasteiger charge is -2.33. The van der Waals surface area contributed by atoms with Crippen molar-refractivity contribution in [2.45, 2.75) is 45.3 Å². The molecule has 0 bridgehead atoms. The largest absolute Gasteiger partial charge is 0.350 e. The number of nitrogens with zero attached hydrogens (tertiary/aromatic N) is 6. The molecule has 3 aromatic rings. The highest BCUT2D eigenvalue weighted by atomic mass is 16.1. The Hall–Kier alpha value is -2.74. The zero-order valence-corrected chi connectivity index (χ0v) is 16.7. The topological polar surface area (TPSA) is 80.9 Å². The second kappa shape index (κ2) is 7.71. The normalized spacial score (nSPS) is 17.6. The number of nitrogens with one attached hydrogen (secondary N) is 1. The van der Waals surface area contributed by atoms with Crippen LogP contribution in [0.4, 0.5) is 5.82 Å². The summed E-state index contributed by atoms with van der Waals surface area (Å²) >= 11 is 0. The van der Waals surface area contributed by atoms with Crippen molar-refractivity contribution >= 4 is 16.9 Å². The summed E-state index contributed by atoms with van der Waals surface area (Å²) in [5.41, 5.74) is 2.02. The first-order valence-electron chi connectivity index (χ1n) is 9.85. The number of hydrogen-bond donors (Lipinski definition) is 1. The number of rotatable bonds is 5. The third kappa shape index (κ3) is 3.64. The molecule has 1 atom stereocenters. The third-order valence-corrected chi connectivity index (χ3v) is 5.29. The van der Waals surface area contributed by atoms with Gasteiger partial charge in [0.25, 0.3) is 5.56 Å². The maximum Gasteiger partial charge on any atom is 0.293 e. The maximum atomic E-state index is 12.4. The highest BCUT2D eigenvalue weighted by Gasteiger charge is 2.22. The fourth-order valence-corrected chi connectivity index (χ4v) is 3.76. The van der Waals surface area contributed by atoms with Crippen LogP contribution in [0.25, 0.3) is 11.0 Å². The Morgan fingerprint density at radius 3 is 2.96 bits per heavy atom. The van der Waals surface area contributed by atoms with Crippen molar-refractivity contribution in [2.24, 2.45) is 7.05 Å². The first-order chi connectivity index (χ1) is 13.5. The first-order valence-corrected chi connectivity index (χ1v) is 9.85. The molecule has 0 aliphatic carbocycles. The van der Waals surface area contributed by atoms with Crippen LogP contribution in [0.1, 0.15) is 38.3 Å². The lowest BCUT2D eigenvalue weighted by molar-refractivity contribution is 0.419. The van der Waals surface area contributed by atoms with E-state index in [1.807, 2.05) is 17.1 Å². The molecule has 4 heterocycles. The minimum atomic E-state index is -0.0417. The summed E-state index contributed by atoms with van der Waals surface area (Å²) in [6.07, 6.45) is 9.30. The Kier molecular flexibility index (Phi) is 5.13. The van der Waals surface area contributed by atoms with Gasteiger partial charge in [0.2, 0.25) is 0 Å². The first kappa shape index (κ1) is 18.6. The highest BCUT2D eigenvalue weighted by molar-refractivity contribution is 5.75. The lowest BCUT2D eigenvalue weighted by Crippen LogP contribution is -2.47. The molecule has 1 N–H and O–H groups in total. The molecule has 1 saturated heterocycles. The molecule has 0 aromatic carbocycles. The zero-order valence-electron chi connectivity index (χ0n) is 16.7. The van der Waals surface area contributed by atoms with Crippen LogP contribution in [0.2, 0.25) is 0 Å². The average molecular weight is 381 g/mol. The SMILES string of the molecule is CC(C)n1ncc2cc(CNC3CCCN(c4nccn(C)c4=O)C3)cnc21. The smallest absolute Gasteiger partial charge is 0.293 e. The van der Waals surface area contributed by atoms with E-state index in [2.05, 4.69) is 45.2 Å². The van der Waals surface area contributed by atoms with Crippen LogP contribution in [-0.4, -0.2) is 43.4 Å². The molecule has 0 amide bonds. The van der Waals surface area contributed by atoms with E-state index < -0.39 is 0 Å². The predicted molar refractivity (Wildman–Crippen MR) is 109 cm³/mol. The van der Waals surface area contributed by atoms with Crippen molar-refractivity contribution in [3.8, 4) is 0 Å². The van der Waals surface area contributed by atoms with Gasteiger partial charge in [-0.1, -0.05) is 0 Å². The van der Waals surface area contributed by atoms with Crippen LogP contribution in [0.15, 0.2) is 35.6 Å². The second-order valence-electron chi connectivity index (χ2n) is 7.77. The van der Waals surface area contributed by atoms with Crippen LogP contribution in [-0.2, 0) is 13.6 Å². The lowest BCUT2D eigenvalue weighted by atomic mass is 10.1. The summed E-state index contributed by atoms with van der Waals surface area (Å²) in [5, 5.41) is 9.12. The summed E-state index contributed by atoms with van der Waals surface area (Å²) < 4.78 is 3.52. The van der Waals surface area contributed by atoms with Crippen molar-refractivity contribution in [1.82, 2.24) is 29.6 Å². The van der Waals surface area contributed by atoms with Crippen LogP contribution in [0, 0.1) is 0 Å². The van der Waals surface area contributed by atoms with Crippen molar-refractivity contribution in [3.63, 3.8) is 0 Å². The van der Waals surface area contributed by atoms with E-state index >= 15 is 0 Å². The fourth-order valence-electron chi connectivity index (χ4n) is 3.76. The summed E-state index contributed by atoms with van der Waals surface area (Å²) in [7, 11) is 1.76. The van der Waals surface area contributed by atoms with E-state index in [0.29, 0.717) is 17.9 Å². The number of fused-ring (bicyclic) bond motifs is 1. The molecule has 8 nitrogen and oxygen atoms in total. The second-order valence-corrected chi connectivity index (χ2v) is 7.77. The van der Waals surface area contributed by atoms with Crippen molar-refractivity contribution < 1.29 is 0 Å². The van der Waals surface area contributed by atoms with Crippen molar-refractivity contribution in [1.29, 1.82) is 0 Å². The summed E-state index contributed by atoms with van der Waals surface area (Å²) in [6.45, 7) is 6.61. The highest BCUT2D eigenvalue weighted by Crippen LogP contribution is 2.18. The standard InChI is InChI=1S/C20H27N7O/c1-14(2)27-18-16(12-24-27)9-15(11-23-18)10-22-17-5-4-7-26(13-17)19-20(28)25(3)8-6-21-19/h6,8-9,11-12,14,17,22H,4-5,7,10,13H2,1-3H3. The molecular weight excluding hydrogens is 354 g/mol. The Morgan fingerprint density at radius 1 is 1.29 bits per heavy atom. The van der Waals surface area contributed by atoms with Crippen LogP contribution in [0.3, 0.4) is 0 Å². The van der Waals surface area contributed by atoms with Gasteiger partial charge in [0.05, 0.1) is 6.20 Å². The molecule has 1 fully saturated rings. The van der Waals surface area contributed by atoms with E-state index in [1.54, 1.807) is 24.0 Å². The molecule has 4 rings (SSSR count). The van der Waals surface area contributed by atoms with Gasteiger partial charge in [-0.3, -0.25) is 4.79 Å². The maximum absolute atomic E-state index is 12.4. The molecule has 0 saturated carbocycles. The van der Waals surface area contributed by atoms with Crippen LogP contribution in [0.5, 0.6) is 0 Å². The van der Waals surface area contributed by atoms with Gasteiger partial charge in [-0.15, -0.1) is 0 Å². The molecule has 1 unspecified atom stereocenters. The van der Waals surface area contributed by atoms with Gasteiger partial charge >= 0.3 is 0 Å². The number of hydrogen-bond acceptors (Lipinski definition) is 6. The molecule has 1 aliphatic heterocycles. The Labute approximate surface area is 164 Å². The molecule has 28 heavy (non-hydrogen) atoms.